The van der Waals surface area contributed by atoms with Crippen LogP contribution in [0.2, 0.25) is 0 Å². The van der Waals surface area contributed by atoms with Crippen LogP contribution >= 0.6 is 0 Å². The fourth-order valence-electron chi connectivity index (χ4n) is 3.14. The van der Waals surface area contributed by atoms with Crippen molar-refractivity contribution in [2.24, 2.45) is 5.92 Å². The number of carbonyl (C=O) groups excluding carboxylic acids is 1. The van der Waals surface area contributed by atoms with Gasteiger partial charge in [-0.15, -0.1) is 0 Å². The molecule has 2 N–H and O–H groups in total. The van der Waals surface area contributed by atoms with E-state index in [2.05, 4.69) is 0 Å². The van der Waals surface area contributed by atoms with Crippen LogP contribution in [0.4, 0.5) is 0 Å². The first-order valence-corrected chi connectivity index (χ1v) is 9.81. The molecule has 2 aromatic carbocycles. The van der Waals surface area contributed by atoms with Crippen molar-refractivity contribution in [3.05, 3.63) is 34.5 Å². The van der Waals surface area contributed by atoms with E-state index in [1.807, 2.05) is 6.92 Å². The number of hydrogen-bond donors (Lipinski definition) is 2. The molecule has 170 valence electrons. The van der Waals surface area contributed by atoms with E-state index in [9.17, 15) is 19.8 Å². The quantitative estimate of drug-likeness (QED) is 0.413. The van der Waals surface area contributed by atoms with Crippen molar-refractivity contribution in [2.75, 3.05) is 21.3 Å². The maximum absolute atomic E-state index is 13.3. The van der Waals surface area contributed by atoms with Crippen LogP contribution < -0.4 is 24.4 Å². The molecule has 0 amide bonds. The largest absolute Gasteiger partial charge is 0.508 e. The maximum atomic E-state index is 13.3. The van der Waals surface area contributed by atoms with Crippen molar-refractivity contribution in [3.63, 3.8) is 0 Å². The molecule has 0 aliphatic carbocycles. The summed E-state index contributed by atoms with van der Waals surface area (Å²) in [5, 5.41) is 20.1. The molecule has 0 radical (unpaired) electrons. The minimum Gasteiger partial charge on any atom is -0.508 e. The van der Waals surface area contributed by atoms with E-state index in [0.717, 1.165) is 0 Å². The molecule has 3 aromatic rings. The van der Waals surface area contributed by atoms with E-state index >= 15 is 0 Å². The minimum atomic E-state index is -0.712. The summed E-state index contributed by atoms with van der Waals surface area (Å²) in [6.45, 7) is 3.52. The predicted octanol–water partition coefficient (Wildman–Crippen LogP) is 3.85. The Balaban J connectivity index is 2.46. The van der Waals surface area contributed by atoms with Crippen molar-refractivity contribution < 1.29 is 38.4 Å². The summed E-state index contributed by atoms with van der Waals surface area (Å²) in [7, 11) is 3.85. The number of phenolic OH excluding ortho intramolecular Hbond substituents is 2. The van der Waals surface area contributed by atoms with Crippen LogP contribution in [0.1, 0.15) is 20.3 Å². The summed E-state index contributed by atoms with van der Waals surface area (Å²) in [6, 6.07) is 5.87. The van der Waals surface area contributed by atoms with Crippen LogP contribution in [-0.2, 0) is 4.79 Å². The fourth-order valence-corrected chi connectivity index (χ4v) is 3.14. The molecule has 0 saturated carbocycles. The van der Waals surface area contributed by atoms with E-state index in [1.54, 1.807) is 6.92 Å². The van der Waals surface area contributed by atoms with E-state index in [0.29, 0.717) is 12.0 Å². The summed E-state index contributed by atoms with van der Waals surface area (Å²) < 4.78 is 27.4. The Morgan fingerprint density at radius 1 is 0.969 bits per heavy atom. The van der Waals surface area contributed by atoms with Gasteiger partial charge in [0.05, 0.1) is 27.2 Å². The van der Waals surface area contributed by atoms with Gasteiger partial charge in [-0.05, 0) is 30.7 Å². The van der Waals surface area contributed by atoms with Crippen LogP contribution in [0.15, 0.2) is 33.5 Å². The van der Waals surface area contributed by atoms with Crippen LogP contribution in [0, 0.1) is 5.92 Å². The molecule has 1 aromatic heterocycles. The van der Waals surface area contributed by atoms with Crippen LogP contribution in [0.3, 0.4) is 0 Å². The van der Waals surface area contributed by atoms with E-state index in [1.165, 1.54) is 45.6 Å². The molecule has 1 atom stereocenters. The van der Waals surface area contributed by atoms with Crippen LogP contribution in [0.5, 0.6) is 34.5 Å². The Kier molecular flexibility index (Phi) is 6.47. The number of carbonyl (C=O) groups is 1. The highest BCUT2D eigenvalue weighted by Crippen LogP contribution is 2.51. The molecule has 9 nitrogen and oxygen atoms in total. The number of rotatable bonds is 7. The topological polar surface area (TPSA) is 125 Å². The van der Waals surface area contributed by atoms with Crippen molar-refractivity contribution in [1.29, 1.82) is 0 Å². The Morgan fingerprint density at radius 3 is 2.09 bits per heavy atom. The number of methoxy groups -OCH3 is 3. The van der Waals surface area contributed by atoms with Gasteiger partial charge in [0.25, 0.3) is 0 Å². The van der Waals surface area contributed by atoms with Crippen LogP contribution in [0.25, 0.3) is 22.3 Å². The molecule has 0 aliphatic rings. The van der Waals surface area contributed by atoms with Gasteiger partial charge in [-0.3, -0.25) is 9.59 Å². The third-order valence-corrected chi connectivity index (χ3v) is 5.10. The minimum absolute atomic E-state index is 0.0115. The first-order chi connectivity index (χ1) is 15.3. The first-order valence-electron chi connectivity index (χ1n) is 9.81. The standard InChI is InChI=1S/C23H24O9/c1-6-11(2)23(27)32-22-18-14(16(26)20(29-4)21(22)30-5)15(25)19(28-3)17(31-18)12-7-9-13(24)10-8-12/h7-11,24,26H,6H2,1-5H3/t11-/m1/s1. The third-order valence-electron chi connectivity index (χ3n) is 5.10. The zero-order chi connectivity index (χ0) is 23.6. The number of esters is 1. The summed E-state index contributed by atoms with van der Waals surface area (Å²) in [4.78, 5) is 25.9. The molecule has 0 bridgehead atoms. The highest BCUT2D eigenvalue weighted by Gasteiger charge is 2.31. The number of phenols is 2. The molecule has 1 heterocycles. The molecule has 0 saturated heterocycles. The Labute approximate surface area is 183 Å². The zero-order valence-corrected chi connectivity index (χ0v) is 18.3. The van der Waals surface area contributed by atoms with Crippen molar-refractivity contribution in [3.8, 4) is 45.8 Å². The first kappa shape index (κ1) is 22.8. The van der Waals surface area contributed by atoms with Gasteiger partial charge < -0.3 is 33.6 Å². The van der Waals surface area contributed by atoms with Crippen molar-refractivity contribution in [1.82, 2.24) is 0 Å². The number of aromatic hydroxyl groups is 2. The lowest BCUT2D eigenvalue weighted by Crippen LogP contribution is -2.18. The summed E-state index contributed by atoms with van der Waals surface area (Å²) >= 11 is 0. The summed E-state index contributed by atoms with van der Waals surface area (Å²) in [6.07, 6.45) is 0.519. The highest BCUT2D eigenvalue weighted by atomic mass is 16.6. The summed E-state index contributed by atoms with van der Waals surface area (Å²) in [5.41, 5.74) is -0.520. The molecule has 0 fully saturated rings. The van der Waals surface area contributed by atoms with E-state index in [4.69, 9.17) is 23.4 Å². The molecule has 0 spiro atoms. The second-order valence-electron chi connectivity index (χ2n) is 7.02. The van der Waals surface area contributed by atoms with Crippen molar-refractivity contribution >= 4 is 16.9 Å². The molecule has 0 unspecified atom stereocenters. The van der Waals surface area contributed by atoms with Crippen LogP contribution in [-0.4, -0.2) is 37.5 Å². The Morgan fingerprint density at radius 2 is 1.56 bits per heavy atom. The number of fused-ring (bicyclic) bond motifs is 1. The van der Waals surface area contributed by atoms with Gasteiger partial charge in [0.15, 0.2) is 17.1 Å². The van der Waals surface area contributed by atoms with Gasteiger partial charge in [0.2, 0.25) is 28.4 Å². The molecule has 0 aliphatic heterocycles. The summed E-state index contributed by atoms with van der Waals surface area (Å²) in [5.74, 6) is -2.25. The Bertz CT molecular complexity index is 1210. The maximum Gasteiger partial charge on any atom is 0.314 e. The van der Waals surface area contributed by atoms with Gasteiger partial charge in [0, 0.05) is 5.56 Å². The van der Waals surface area contributed by atoms with Gasteiger partial charge >= 0.3 is 5.97 Å². The lowest BCUT2D eigenvalue weighted by Gasteiger charge is -2.18. The molecule has 32 heavy (non-hydrogen) atoms. The number of benzene rings is 2. The SMILES string of the molecule is CC[C@@H](C)C(=O)Oc1c(OC)c(OC)c(O)c2c(=O)c(OC)c(-c3ccc(O)cc3)oc12. The van der Waals surface area contributed by atoms with Gasteiger partial charge in [-0.25, -0.2) is 0 Å². The second-order valence-corrected chi connectivity index (χ2v) is 7.02. The molecular formula is C23H24O9. The van der Waals surface area contributed by atoms with Gasteiger partial charge in [-0.1, -0.05) is 13.8 Å². The smallest absolute Gasteiger partial charge is 0.314 e. The number of hydrogen-bond acceptors (Lipinski definition) is 9. The molecule has 3 rings (SSSR count). The van der Waals surface area contributed by atoms with Gasteiger partial charge in [0.1, 0.15) is 11.1 Å². The third kappa shape index (κ3) is 3.77. The lowest BCUT2D eigenvalue weighted by molar-refractivity contribution is -0.138. The highest BCUT2D eigenvalue weighted by molar-refractivity contribution is 5.98. The Hall–Kier alpha value is -3.88. The predicted molar refractivity (Wildman–Crippen MR) is 116 cm³/mol. The fraction of sp³-hybridized carbons (Fsp3) is 0.304. The normalized spacial score (nSPS) is 11.8. The monoisotopic (exact) mass is 444 g/mol. The van der Waals surface area contributed by atoms with E-state index < -0.39 is 23.1 Å². The average Bonchev–Trinajstić information content (AvgIpc) is 2.79. The molecule has 9 heteroatoms. The average molecular weight is 444 g/mol. The number of ether oxygens (including phenoxy) is 4. The van der Waals surface area contributed by atoms with Gasteiger partial charge in [-0.2, -0.15) is 0 Å². The zero-order valence-electron chi connectivity index (χ0n) is 18.3. The lowest BCUT2D eigenvalue weighted by atomic mass is 10.1. The van der Waals surface area contributed by atoms with E-state index in [-0.39, 0.29) is 45.5 Å². The van der Waals surface area contributed by atoms with Crippen molar-refractivity contribution in [2.45, 2.75) is 20.3 Å². The second kappa shape index (κ2) is 9.09. The molecular weight excluding hydrogens is 420 g/mol.